The molecule has 2 aromatic rings. The molecule has 2 heterocycles. The van der Waals surface area contributed by atoms with Gasteiger partial charge in [0, 0.05) is 6.54 Å². The molecular formula is C10H14N4S2. The van der Waals surface area contributed by atoms with Gasteiger partial charge in [0.25, 0.3) is 0 Å². The van der Waals surface area contributed by atoms with E-state index in [4.69, 9.17) is 0 Å². The molecule has 0 atom stereocenters. The van der Waals surface area contributed by atoms with Crippen molar-refractivity contribution in [2.45, 2.75) is 26.7 Å². The van der Waals surface area contributed by atoms with E-state index < -0.39 is 0 Å². The SMILES string of the molecule is CCNc1nnc(-c2scnc2C(C)C)s1. The van der Waals surface area contributed by atoms with Crippen LogP contribution in [0.15, 0.2) is 5.51 Å². The predicted molar refractivity (Wildman–Crippen MR) is 69.3 cm³/mol. The summed E-state index contributed by atoms with van der Waals surface area (Å²) < 4.78 is 0. The Labute approximate surface area is 103 Å². The van der Waals surface area contributed by atoms with Crippen molar-refractivity contribution in [3.63, 3.8) is 0 Å². The van der Waals surface area contributed by atoms with Gasteiger partial charge in [0.15, 0.2) is 5.01 Å². The van der Waals surface area contributed by atoms with Gasteiger partial charge in [-0.05, 0) is 12.8 Å². The van der Waals surface area contributed by atoms with E-state index >= 15 is 0 Å². The van der Waals surface area contributed by atoms with Crippen molar-refractivity contribution < 1.29 is 0 Å². The molecule has 0 spiro atoms. The van der Waals surface area contributed by atoms with E-state index in [9.17, 15) is 0 Å². The number of nitrogens with one attached hydrogen (secondary N) is 1. The highest BCUT2D eigenvalue weighted by molar-refractivity contribution is 7.22. The second kappa shape index (κ2) is 4.88. The lowest BCUT2D eigenvalue weighted by Gasteiger charge is -2.01. The highest BCUT2D eigenvalue weighted by atomic mass is 32.1. The first-order valence-electron chi connectivity index (χ1n) is 5.23. The standard InChI is InChI=1S/C10H14N4S2/c1-4-11-10-14-13-9(16-10)8-7(6(2)3)12-5-15-8/h5-6H,4H2,1-3H3,(H,11,14). The smallest absolute Gasteiger partial charge is 0.206 e. The number of hydrogen-bond donors (Lipinski definition) is 1. The van der Waals surface area contributed by atoms with Gasteiger partial charge in [-0.1, -0.05) is 25.2 Å². The summed E-state index contributed by atoms with van der Waals surface area (Å²) in [6.07, 6.45) is 0. The molecule has 0 bridgehead atoms. The van der Waals surface area contributed by atoms with Gasteiger partial charge in [0.05, 0.1) is 16.1 Å². The lowest BCUT2D eigenvalue weighted by Crippen LogP contribution is -1.94. The molecule has 0 fully saturated rings. The maximum atomic E-state index is 4.38. The number of aromatic nitrogens is 3. The molecule has 2 rings (SSSR count). The minimum atomic E-state index is 0.424. The Morgan fingerprint density at radius 2 is 2.19 bits per heavy atom. The number of hydrogen-bond acceptors (Lipinski definition) is 6. The summed E-state index contributed by atoms with van der Waals surface area (Å²) in [4.78, 5) is 5.53. The predicted octanol–water partition coefficient (Wildman–Crippen LogP) is 3.22. The summed E-state index contributed by atoms with van der Waals surface area (Å²) in [5.74, 6) is 0.424. The number of rotatable bonds is 4. The second-order valence-corrected chi connectivity index (χ2v) is 5.50. The van der Waals surface area contributed by atoms with Crippen molar-refractivity contribution in [1.82, 2.24) is 15.2 Å². The van der Waals surface area contributed by atoms with Gasteiger partial charge in [-0.15, -0.1) is 21.5 Å². The first kappa shape index (κ1) is 11.5. The molecular weight excluding hydrogens is 240 g/mol. The summed E-state index contributed by atoms with van der Waals surface area (Å²) in [7, 11) is 0. The van der Waals surface area contributed by atoms with E-state index in [1.165, 1.54) is 0 Å². The number of thiazole rings is 1. The van der Waals surface area contributed by atoms with Crippen LogP contribution in [0.25, 0.3) is 9.88 Å². The van der Waals surface area contributed by atoms with Crippen molar-refractivity contribution in [2.75, 3.05) is 11.9 Å². The van der Waals surface area contributed by atoms with E-state index in [-0.39, 0.29) is 0 Å². The summed E-state index contributed by atoms with van der Waals surface area (Å²) in [6.45, 7) is 7.21. The van der Waals surface area contributed by atoms with Gasteiger partial charge in [-0.3, -0.25) is 0 Å². The summed E-state index contributed by atoms with van der Waals surface area (Å²) in [6, 6.07) is 0. The van der Waals surface area contributed by atoms with Crippen LogP contribution in [0.5, 0.6) is 0 Å². The molecule has 0 saturated heterocycles. The Morgan fingerprint density at radius 1 is 1.38 bits per heavy atom. The molecule has 0 aliphatic rings. The van der Waals surface area contributed by atoms with Gasteiger partial charge in [-0.25, -0.2) is 4.98 Å². The monoisotopic (exact) mass is 254 g/mol. The Morgan fingerprint density at radius 3 is 2.88 bits per heavy atom. The van der Waals surface area contributed by atoms with E-state index in [0.29, 0.717) is 5.92 Å². The lowest BCUT2D eigenvalue weighted by molar-refractivity contribution is 0.834. The zero-order chi connectivity index (χ0) is 11.5. The molecule has 1 N–H and O–H groups in total. The highest BCUT2D eigenvalue weighted by Gasteiger charge is 2.15. The van der Waals surface area contributed by atoms with Crippen LogP contribution in [0.1, 0.15) is 32.4 Å². The van der Waals surface area contributed by atoms with Gasteiger partial charge in [-0.2, -0.15) is 0 Å². The van der Waals surface area contributed by atoms with Crippen molar-refractivity contribution >= 4 is 27.8 Å². The molecule has 0 aliphatic heterocycles. The average Bonchev–Trinajstić information content (AvgIpc) is 2.83. The van der Waals surface area contributed by atoms with Gasteiger partial charge in [0.2, 0.25) is 5.13 Å². The van der Waals surface area contributed by atoms with Crippen LogP contribution in [0.2, 0.25) is 0 Å². The Kier molecular flexibility index (Phi) is 3.50. The molecule has 0 radical (unpaired) electrons. The van der Waals surface area contributed by atoms with Crippen LogP contribution in [0.3, 0.4) is 0 Å². The largest absolute Gasteiger partial charge is 0.360 e. The average molecular weight is 254 g/mol. The summed E-state index contributed by atoms with van der Waals surface area (Å²) in [5.41, 5.74) is 2.99. The first-order chi connectivity index (χ1) is 7.72. The van der Waals surface area contributed by atoms with Crippen LogP contribution in [-0.4, -0.2) is 21.7 Å². The molecule has 0 saturated carbocycles. The van der Waals surface area contributed by atoms with Crippen molar-refractivity contribution in [2.24, 2.45) is 0 Å². The molecule has 0 amide bonds. The van der Waals surface area contributed by atoms with Crippen molar-refractivity contribution in [1.29, 1.82) is 0 Å². The number of anilines is 1. The van der Waals surface area contributed by atoms with Gasteiger partial charge < -0.3 is 5.32 Å². The quantitative estimate of drug-likeness (QED) is 0.910. The summed E-state index contributed by atoms with van der Waals surface area (Å²) >= 11 is 3.22. The maximum Gasteiger partial charge on any atom is 0.206 e. The first-order valence-corrected chi connectivity index (χ1v) is 6.93. The molecule has 4 nitrogen and oxygen atoms in total. The third kappa shape index (κ3) is 2.22. The molecule has 16 heavy (non-hydrogen) atoms. The van der Waals surface area contributed by atoms with E-state index in [2.05, 4.69) is 34.3 Å². The van der Waals surface area contributed by atoms with Crippen LogP contribution >= 0.6 is 22.7 Å². The minimum Gasteiger partial charge on any atom is -0.360 e. The third-order valence-electron chi connectivity index (χ3n) is 2.09. The van der Waals surface area contributed by atoms with Crippen molar-refractivity contribution in [3.8, 4) is 9.88 Å². The van der Waals surface area contributed by atoms with Gasteiger partial charge in [0.1, 0.15) is 0 Å². The Bertz CT molecular complexity index is 461. The third-order valence-corrected chi connectivity index (χ3v) is 3.97. The van der Waals surface area contributed by atoms with Crippen LogP contribution in [-0.2, 0) is 0 Å². The van der Waals surface area contributed by atoms with E-state index in [0.717, 1.165) is 27.3 Å². The van der Waals surface area contributed by atoms with E-state index in [1.54, 1.807) is 22.7 Å². The lowest BCUT2D eigenvalue weighted by atomic mass is 10.1. The van der Waals surface area contributed by atoms with Crippen molar-refractivity contribution in [3.05, 3.63) is 11.2 Å². The molecule has 86 valence electrons. The second-order valence-electron chi connectivity index (χ2n) is 3.66. The highest BCUT2D eigenvalue weighted by Crippen LogP contribution is 2.34. The minimum absolute atomic E-state index is 0.424. The zero-order valence-corrected chi connectivity index (χ0v) is 11.2. The van der Waals surface area contributed by atoms with Crippen LogP contribution in [0, 0.1) is 0 Å². The topological polar surface area (TPSA) is 50.7 Å². The fraction of sp³-hybridized carbons (Fsp3) is 0.500. The molecule has 0 unspecified atom stereocenters. The Balaban J connectivity index is 2.31. The zero-order valence-electron chi connectivity index (χ0n) is 9.52. The fourth-order valence-electron chi connectivity index (χ4n) is 1.36. The fourth-order valence-corrected chi connectivity index (χ4v) is 3.22. The van der Waals surface area contributed by atoms with E-state index in [1.807, 2.05) is 12.4 Å². The molecule has 6 heteroatoms. The number of nitrogens with zero attached hydrogens (tertiary/aromatic N) is 3. The van der Waals surface area contributed by atoms with Gasteiger partial charge >= 0.3 is 0 Å². The molecule has 0 aliphatic carbocycles. The maximum absolute atomic E-state index is 4.38. The molecule has 2 aromatic heterocycles. The van der Waals surface area contributed by atoms with Crippen LogP contribution in [0.4, 0.5) is 5.13 Å². The normalized spacial score (nSPS) is 11.0. The Hall–Kier alpha value is -1.01. The van der Waals surface area contributed by atoms with Crippen LogP contribution < -0.4 is 5.32 Å². The summed E-state index contributed by atoms with van der Waals surface area (Å²) in [5, 5.41) is 13.3. The molecule has 0 aromatic carbocycles.